The highest BCUT2D eigenvalue weighted by Gasteiger charge is 2.36. The maximum absolute atomic E-state index is 12.4. The van der Waals surface area contributed by atoms with Crippen LogP contribution in [0.1, 0.15) is 28.8 Å². The van der Waals surface area contributed by atoms with Crippen LogP contribution < -0.4 is 15.5 Å². The zero-order valence-corrected chi connectivity index (χ0v) is 13.2. The second-order valence-corrected chi connectivity index (χ2v) is 6.11. The molecule has 2 aliphatic heterocycles. The highest BCUT2D eigenvalue weighted by atomic mass is 16.2. The van der Waals surface area contributed by atoms with Crippen LogP contribution >= 0.6 is 0 Å². The Morgan fingerprint density at radius 2 is 2.12 bits per heavy atom. The molecule has 2 aromatic rings. The fraction of sp³-hybridized carbons (Fsp3) is 0.278. The molecule has 1 aromatic carbocycles. The van der Waals surface area contributed by atoms with Crippen LogP contribution in [0.3, 0.4) is 0 Å². The third kappa shape index (κ3) is 2.60. The second kappa shape index (κ2) is 5.96. The van der Waals surface area contributed by atoms with E-state index in [1.165, 1.54) is 0 Å². The highest BCUT2D eigenvalue weighted by Crippen LogP contribution is 2.37. The number of carbonyl (C=O) groups excluding carboxylic acids is 2. The zero-order valence-electron chi connectivity index (χ0n) is 13.2. The molecule has 0 radical (unpaired) electrons. The molecule has 0 bridgehead atoms. The topological polar surface area (TPSA) is 74.3 Å². The summed E-state index contributed by atoms with van der Waals surface area (Å²) in [6.07, 6.45) is 5.30. The Labute approximate surface area is 139 Å². The molecule has 122 valence electrons. The average molecular weight is 322 g/mol. The largest absolute Gasteiger partial charge is 0.358 e. The molecule has 1 saturated heterocycles. The van der Waals surface area contributed by atoms with Gasteiger partial charge in [0.1, 0.15) is 6.04 Å². The van der Waals surface area contributed by atoms with Gasteiger partial charge in [0.2, 0.25) is 5.91 Å². The van der Waals surface area contributed by atoms with Gasteiger partial charge in [-0.25, -0.2) is 0 Å². The lowest BCUT2D eigenvalue weighted by Crippen LogP contribution is -2.44. The van der Waals surface area contributed by atoms with E-state index < -0.39 is 0 Å². The predicted molar refractivity (Wildman–Crippen MR) is 90.8 cm³/mol. The minimum Gasteiger partial charge on any atom is -0.358 e. The lowest BCUT2D eigenvalue weighted by atomic mass is 10.1. The summed E-state index contributed by atoms with van der Waals surface area (Å²) in [5.74, 6) is -0.137. The minimum atomic E-state index is -0.160. The van der Waals surface area contributed by atoms with E-state index in [0.717, 1.165) is 36.3 Å². The Morgan fingerprint density at radius 1 is 1.29 bits per heavy atom. The Bertz CT molecular complexity index is 791. The fourth-order valence-corrected chi connectivity index (χ4v) is 3.36. The Kier molecular flexibility index (Phi) is 3.65. The molecule has 2 amide bonds. The summed E-state index contributed by atoms with van der Waals surface area (Å²) in [6, 6.07) is 9.15. The van der Waals surface area contributed by atoms with Crippen molar-refractivity contribution in [2.45, 2.75) is 25.4 Å². The second-order valence-electron chi connectivity index (χ2n) is 6.11. The maximum Gasteiger partial charge on any atom is 0.251 e. The Balaban J connectivity index is 1.52. The fourth-order valence-electron chi connectivity index (χ4n) is 3.36. The molecule has 6 nitrogen and oxygen atoms in total. The molecule has 1 atom stereocenters. The molecule has 0 unspecified atom stereocenters. The van der Waals surface area contributed by atoms with E-state index in [1.807, 2.05) is 24.3 Å². The molecule has 2 N–H and O–H groups in total. The van der Waals surface area contributed by atoms with E-state index in [9.17, 15) is 9.59 Å². The van der Waals surface area contributed by atoms with Crippen LogP contribution in [0.4, 0.5) is 11.4 Å². The van der Waals surface area contributed by atoms with Gasteiger partial charge in [0.15, 0.2) is 0 Å². The molecule has 2 aliphatic rings. The average Bonchev–Trinajstić information content (AvgIpc) is 3.11. The van der Waals surface area contributed by atoms with Crippen molar-refractivity contribution < 1.29 is 9.59 Å². The number of rotatable bonds is 3. The third-order valence-electron chi connectivity index (χ3n) is 4.58. The predicted octanol–water partition coefficient (Wildman–Crippen LogP) is 1.93. The Hall–Kier alpha value is -2.89. The van der Waals surface area contributed by atoms with Gasteiger partial charge in [0, 0.05) is 31.0 Å². The number of aromatic nitrogens is 1. The monoisotopic (exact) mass is 322 g/mol. The number of amides is 2. The molecule has 24 heavy (non-hydrogen) atoms. The number of carbonyl (C=O) groups is 2. The number of nitrogens with zero attached hydrogens (tertiary/aromatic N) is 2. The molecular formula is C18H18N4O2. The van der Waals surface area contributed by atoms with Crippen LogP contribution in [-0.4, -0.2) is 29.4 Å². The SMILES string of the molecule is O=C(NCc1ccncc1)c1ccc2c(c1)NC(=O)[C@H]1CCCN21. The van der Waals surface area contributed by atoms with E-state index in [-0.39, 0.29) is 17.9 Å². The van der Waals surface area contributed by atoms with Crippen molar-refractivity contribution in [1.29, 1.82) is 0 Å². The number of anilines is 2. The molecule has 1 fully saturated rings. The van der Waals surface area contributed by atoms with Gasteiger partial charge in [-0.3, -0.25) is 14.6 Å². The molecule has 1 aromatic heterocycles. The summed E-state index contributed by atoms with van der Waals surface area (Å²) in [4.78, 5) is 30.6. The van der Waals surface area contributed by atoms with Crippen molar-refractivity contribution in [2.24, 2.45) is 0 Å². The van der Waals surface area contributed by atoms with Crippen LogP contribution in [0, 0.1) is 0 Å². The van der Waals surface area contributed by atoms with Gasteiger partial charge < -0.3 is 15.5 Å². The first-order chi connectivity index (χ1) is 11.7. The number of benzene rings is 1. The maximum atomic E-state index is 12.4. The lowest BCUT2D eigenvalue weighted by molar-refractivity contribution is -0.117. The van der Waals surface area contributed by atoms with Crippen LogP contribution in [-0.2, 0) is 11.3 Å². The van der Waals surface area contributed by atoms with E-state index in [2.05, 4.69) is 20.5 Å². The highest BCUT2D eigenvalue weighted by molar-refractivity contribution is 6.06. The van der Waals surface area contributed by atoms with E-state index >= 15 is 0 Å². The minimum absolute atomic E-state index is 0.0225. The molecular weight excluding hydrogens is 304 g/mol. The Morgan fingerprint density at radius 3 is 2.96 bits per heavy atom. The smallest absolute Gasteiger partial charge is 0.251 e. The lowest BCUT2D eigenvalue weighted by Gasteiger charge is -2.33. The van der Waals surface area contributed by atoms with Gasteiger partial charge in [0.05, 0.1) is 11.4 Å². The zero-order chi connectivity index (χ0) is 16.5. The summed E-state index contributed by atoms with van der Waals surface area (Å²) >= 11 is 0. The summed E-state index contributed by atoms with van der Waals surface area (Å²) in [5.41, 5.74) is 3.25. The number of hydrogen-bond acceptors (Lipinski definition) is 4. The first-order valence-electron chi connectivity index (χ1n) is 8.11. The van der Waals surface area contributed by atoms with Gasteiger partial charge in [-0.2, -0.15) is 0 Å². The summed E-state index contributed by atoms with van der Waals surface area (Å²) in [5, 5.41) is 5.82. The van der Waals surface area contributed by atoms with Gasteiger partial charge >= 0.3 is 0 Å². The summed E-state index contributed by atoms with van der Waals surface area (Å²) in [7, 11) is 0. The molecule has 6 heteroatoms. The molecule has 0 spiro atoms. The third-order valence-corrected chi connectivity index (χ3v) is 4.58. The number of nitrogens with one attached hydrogen (secondary N) is 2. The van der Waals surface area contributed by atoms with Gasteiger partial charge in [-0.1, -0.05) is 0 Å². The number of pyridine rings is 1. The van der Waals surface area contributed by atoms with Crippen molar-refractivity contribution >= 4 is 23.2 Å². The normalized spacial score (nSPS) is 18.6. The van der Waals surface area contributed by atoms with Gasteiger partial charge in [-0.05, 0) is 48.7 Å². The summed E-state index contributed by atoms with van der Waals surface area (Å²) < 4.78 is 0. The quantitative estimate of drug-likeness (QED) is 0.905. The van der Waals surface area contributed by atoms with E-state index in [1.54, 1.807) is 18.5 Å². The van der Waals surface area contributed by atoms with Crippen molar-refractivity contribution in [1.82, 2.24) is 10.3 Å². The van der Waals surface area contributed by atoms with Gasteiger partial charge in [-0.15, -0.1) is 0 Å². The van der Waals surface area contributed by atoms with Crippen LogP contribution in [0.5, 0.6) is 0 Å². The van der Waals surface area contributed by atoms with E-state index in [4.69, 9.17) is 0 Å². The van der Waals surface area contributed by atoms with Gasteiger partial charge in [0.25, 0.3) is 5.91 Å². The van der Waals surface area contributed by atoms with Crippen LogP contribution in [0.2, 0.25) is 0 Å². The number of hydrogen-bond donors (Lipinski definition) is 2. The van der Waals surface area contributed by atoms with Crippen molar-refractivity contribution in [3.8, 4) is 0 Å². The van der Waals surface area contributed by atoms with Crippen molar-refractivity contribution in [3.63, 3.8) is 0 Å². The number of fused-ring (bicyclic) bond motifs is 3. The first-order valence-corrected chi connectivity index (χ1v) is 8.11. The van der Waals surface area contributed by atoms with E-state index in [0.29, 0.717) is 12.1 Å². The molecule has 0 saturated carbocycles. The van der Waals surface area contributed by atoms with Crippen LogP contribution in [0.15, 0.2) is 42.7 Å². The first kappa shape index (κ1) is 14.7. The van der Waals surface area contributed by atoms with Crippen molar-refractivity contribution in [2.75, 3.05) is 16.8 Å². The van der Waals surface area contributed by atoms with Crippen molar-refractivity contribution in [3.05, 3.63) is 53.9 Å². The summed E-state index contributed by atoms with van der Waals surface area (Å²) in [6.45, 7) is 1.33. The standard InChI is InChI=1S/C18H18N4O2/c23-17(20-11-12-5-7-19-8-6-12)13-3-4-15-14(10-13)21-18(24)16-2-1-9-22(15)16/h3-8,10,16H,1-2,9,11H2,(H,20,23)(H,21,24)/t16-/m1/s1. The molecule has 0 aliphatic carbocycles. The van der Waals surface area contributed by atoms with Crippen LogP contribution in [0.25, 0.3) is 0 Å². The molecule has 3 heterocycles. The molecule has 4 rings (SSSR count).